The van der Waals surface area contributed by atoms with Crippen LogP contribution in [0.2, 0.25) is 0 Å². The number of nitrogens with one attached hydrogen (secondary N) is 1. The van der Waals surface area contributed by atoms with Gasteiger partial charge in [-0.3, -0.25) is 15.0 Å². The molecule has 23 heavy (non-hydrogen) atoms. The van der Waals surface area contributed by atoms with Crippen molar-refractivity contribution in [2.24, 2.45) is 5.92 Å². The number of carbonyl (C=O) groups is 1. The second-order valence-electron chi connectivity index (χ2n) is 6.40. The third kappa shape index (κ3) is 4.18. The number of likely N-dealkylation sites (tertiary alicyclic amines) is 1. The van der Waals surface area contributed by atoms with Crippen LogP contribution >= 0.6 is 11.3 Å². The summed E-state index contributed by atoms with van der Waals surface area (Å²) in [5.74, 6) is 0.679. The number of thiazole rings is 1. The summed E-state index contributed by atoms with van der Waals surface area (Å²) in [4.78, 5) is 19.3. The summed E-state index contributed by atoms with van der Waals surface area (Å²) in [5.41, 5.74) is 2.72. The van der Waals surface area contributed by atoms with Gasteiger partial charge in [0.25, 0.3) is 5.91 Å². The Balaban J connectivity index is 1.61. The van der Waals surface area contributed by atoms with Gasteiger partial charge in [-0.1, -0.05) is 25.1 Å². The van der Waals surface area contributed by atoms with Gasteiger partial charge in [-0.2, -0.15) is 0 Å². The van der Waals surface area contributed by atoms with E-state index in [-0.39, 0.29) is 5.91 Å². The SMILES string of the molecule is Cc1ccccc1C(=O)Nc1nc(CN2CCC[C@@H](C)C2)cs1. The van der Waals surface area contributed by atoms with Crippen LogP contribution in [-0.4, -0.2) is 28.9 Å². The minimum Gasteiger partial charge on any atom is -0.298 e. The molecule has 1 aromatic carbocycles. The molecule has 1 aromatic heterocycles. The Labute approximate surface area is 141 Å². The van der Waals surface area contributed by atoms with E-state index in [0.29, 0.717) is 10.7 Å². The van der Waals surface area contributed by atoms with Crippen molar-refractivity contribution in [1.82, 2.24) is 9.88 Å². The maximum atomic E-state index is 12.3. The zero-order valence-corrected chi connectivity index (χ0v) is 14.5. The van der Waals surface area contributed by atoms with Gasteiger partial charge < -0.3 is 0 Å². The number of hydrogen-bond donors (Lipinski definition) is 1. The van der Waals surface area contributed by atoms with Crippen LogP contribution in [-0.2, 0) is 6.54 Å². The highest BCUT2D eigenvalue weighted by atomic mass is 32.1. The van der Waals surface area contributed by atoms with Crippen LogP contribution in [0, 0.1) is 12.8 Å². The molecule has 3 rings (SSSR count). The molecule has 0 bridgehead atoms. The summed E-state index contributed by atoms with van der Waals surface area (Å²) in [6, 6.07) is 7.61. The van der Waals surface area contributed by atoms with E-state index >= 15 is 0 Å². The molecular weight excluding hydrogens is 306 g/mol. The minimum absolute atomic E-state index is 0.0874. The topological polar surface area (TPSA) is 45.2 Å². The predicted molar refractivity (Wildman–Crippen MR) is 94.9 cm³/mol. The molecule has 1 atom stereocenters. The van der Waals surface area contributed by atoms with Crippen LogP contribution in [0.15, 0.2) is 29.6 Å². The number of nitrogens with zero attached hydrogens (tertiary/aromatic N) is 2. The van der Waals surface area contributed by atoms with Gasteiger partial charge in [0, 0.05) is 24.0 Å². The van der Waals surface area contributed by atoms with E-state index in [4.69, 9.17) is 0 Å². The molecule has 0 spiro atoms. The van der Waals surface area contributed by atoms with Crippen molar-refractivity contribution in [3.8, 4) is 0 Å². The first-order chi connectivity index (χ1) is 11.1. The van der Waals surface area contributed by atoms with Crippen molar-refractivity contribution >= 4 is 22.4 Å². The van der Waals surface area contributed by atoms with E-state index in [2.05, 4.69) is 22.1 Å². The van der Waals surface area contributed by atoms with Crippen molar-refractivity contribution in [2.75, 3.05) is 18.4 Å². The molecular formula is C18H23N3OS. The highest BCUT2D eigenvalue weighted by Crippen LogP contribution is 2.21. The van der Waals surface area contributed by atoms with E-state index in [9.17, 15) is 4.79 Å². The van der Waals surface area contributed by atoms with Gasteiger partial charge >= 0.3 is 0 Å². The van der Waals surface area contributed by atoms with Gasteiger partial charge in [-0.05, 0) is 43.9 Å². The second kappa shape index (κ2) is 7.23. The van der Waals surface area contributed by atoms with Crippen LogP contribution in [0.5, 0.6) is 0 Å². The molecule has 2 aromatic rings. The third-order valence-corrected chi connectivity index (χ3v) is 5.10. The van der Waals surface area contributed by atoms with E-state index in [0.717, 1.165) is 36.8 Å². The summed E-state index contributed by atoms with van der Waals surface area (Å²) in [7, 11) is 0. The molecule has 0 aliphatic carbocycles. The van der Waals surface area contributed by atoms with Crippen molar-refractivity contribution in [1.29, 1.82) is 0 Å². The quantitative estimate of drug-likeness (QED) is 0.924. The molecule has 0 unspecified atom stereocenters. The summed E-state index contributed by atoms with van der Waals surface area (Å²) >= 11 is 1.50. The van der Waals surface area contributed by atoms with Gasteiger partial charge in [0.05, 0.1) is 5.69 Å². The Kier molecular flexibility index (Phi) is 5.08. The number of amides is 1. The van der Waals surface area contributed by atoms with E-state index in [1.54, 1.807) is 0 Å². The molecule has 5 heteroatoms. The molecule has 1 saturated heterocycles. The molecule has 122 valence electrons. The Hall–Kier alpha value is -1.72. The fraction of sp³-hybridized carbons (Fsp3) is 0.444. The van der Waals surface area contributed by atoms with Crippen molar-refractivity contribution in [3.05, 3.63) is 46.5 Å². The smallest absolute Gasteiger partial charge is 0.257 e. The molecule has 1 amide bonds. The van der Waals surface area contributed by atoms with E-state index in [1.165, 1.54) is 24.2 Å². The zero-order valence-electron chi connectivity index (χ0n) is 13.7. The highest BCUT2D eigenvalue weighted by molar-refractivity contribution is 7.13. The predicted octanol–water partition coefficient (Wildman–Crippen LogP) is 3.94. The number of aromatic nitrogens is 1. The molecule has 4 nitrogen and oxygen atoms in total. The molecule has 1 fully saturated rings. The van der Waals surface area contributed by atoms with Gasteiger partial charge in [0.1, 0.15) is 0 Å². The number of benzene rings is 1. The summed E-state index contributed by atoms with van der Waals surface area (Å²) in [5, 5.41) is 5.64. The van der Waals surface area contributed by atoms with Crippen LogP contribution in [0.4, 0.5) is 5.13 Å². The van der Waals surface area contributed by atoms with Crippen LogP contribution in [0.1, 0.15) is 41.4 Å². The molecule has 0 radical (unpaired) electrons. The lowest BCUT2D eigenvalue weighted by Gasteiger charge is -2.30. The number of hydrogen-bond acceptors (Lipinski definition) is 4. The summed E-state index contributed by atoms with van der Waals surface area (Å²) in [6.45, 7) is 7.41. The molecule has 2 heterocycles. The van der Waals surface area contributed by atoms with Gasteiger partial charge in [-0.25, -0.2) is 4.98 Å². The number of piperidine rings is 1. The van der Waals surface area contributed by atoms with Gasteiger partial charge in [0.2, 0.25) is 0 Å². The largest absolute Gasteiger partial charge is 0.298 e. The lowest BCUT2D eigenvalue weighted by Crippen LogP contribution is -2.33. The number of rotatable bonds is 4. The van der Waals surface area contributed by atoms with Crippen molar-refractivity contribution < 1.29 is 4.79 Å². The van der Waals surface area contributed by atoms with Crippen molar-refractivity contribution in [3.63, 3.8) is 0 Å². The summed E-state index contributed by atoms with van der Waals surface area (Å²) in [6.07, 6.45) is 2.59. The minimum atomic E-state index is -0.0874. The first kappa shape index (κ1) is 16.1. The normalized spacial score (nSPS) is 18.8. The Morgan fingerprint density at radius 1 is 1.43 bits per heavy atom. The first-order valence-electron chi connectivity index (χ1n) is 8.15. The first-order valence-corrected chi connectivity index (χ1v) is 9.03. The van der Waals surface area contributed by atoms with Crippen LogP contribution in [0.3, 0.4) is 0 Å². The van der Waals surface area contributed by atoms with E-state index < -0.39 is 0 Å². The second-order valence-corrected chi connectivity index (χ2v) is 7.25. The fourth-order valence-corrected chi connectivity index (χ4v) is 3.79. The third-order valence-electron chi connectivity index (χ3n) is 4.29. The highest BCUT2D eigenvalue weighted by Gasteiger charge is 2.18. The van der Waals surface area contributed by atoms with E-state index in [1.807, 2.05) is 36.6 Å². The average molecular weight is 329 g/mol. The lowest BCUT2D eigenvalue weighted by atomic mass is 10.0. The maximum Gasteiger partial charge on any atom is 0.257 e. The Morgan fingerprint density at radius 3 is 3.04 bits per heavy atom. The molecule has 1 aliphatic rings. The number of carbonyl (C=O) groups excluding carboxylic acids is 1. The molecule has 0 saturated carbocycles. The standard InChI is InChI=1S/C18H23N3OS/c1-13-6-5-9-21(10-13)11-15-12-23-18(19-15)20-17(22)16-8-4-3-7-14(16)2/h3-4,7-8,12-13H,5-6,9-11H2,1-2H3,(H,19,20,22)/t13-/m1/s1. The molecule has 1 N–H and O–H groups in total. The lowest BCUT2D eigenvalue weighted by molar-refractivity contribution is 0.102. The van der Waals surface area contributed by atoms with Gasteiger partial charge in [-0.15, -0.1) is 11.3 Å². The maximum absolute atomic E-state index is 12.3. The van der Waals surface area contributed by atoms with Gasteiger partial charge in [0.15, 0.2) is 5.13 Å². The van der Waals surface area contributed by atoms with Crippen LogP contribution in [0.25, 0.3) is 0 Å². The number of aryl methyl sites for hydroxylation is 1. The fourth-order valence-electron chi connectivity index (χ4n) is 3.09. The van der Waals surface area contributed by atoms with Crippen LogP contribution < -0.4 is 5.32 Å². The molecule has 1 aliphatic heterocycles. The number of anilines is 1. The zero-order chi connectivity index (χ0) is 16.2. The summed E-state index contributed by atoms with van der Waals surface area (Å²) < 4.78 is 0. The monoisotopic (exact) mass is 329 g/mol. The average Bonchev–Trinajstić information content (AvgIpc) is 2.94. The Bertz CT molecular complexity index is 682. The van der Waals surface area contributed by atoms with Crippen molar-refractivity contribution in [2.45, 2.75) is 33.2 Å². The Morgan fingerprint density at radius 2 is 2.26 bits per heavy atom.